The summed E-state index contributed by atoms with van der Waals surface area (Å²) in [5, 5.41) is 30.8. The van der Waals surface area contributed by atoms with Gasteiger partial charge in [-0.1, -0.05) is 0 Å². The second-order valence-electron chi connectivity index (χ2n) is 7.90. The minimum absolute atomic E-state index is 0.0771. The number of rotatable bonds is 13. The van der Waals surface area contributed by atoms with Gasteiger partial charge in [0.25, 0.3) is 0 Å². The van der Waals surface area contributed by atoms with E-state index in [0.29, 0.717) is 37.2 Å². The van der Waals surface area contributed by atoms with Crippen molar-refractivity contribution in [3.63, 3.8) is 0 Å². The van der Waals surface area contributed by atoms with Crippen LogP contribution < -0.4 is 18.9 Å². The molecule has 0 aliphatic carbocycles. The van der Waals surface area contributed by atoms with Crippen molar-refractivity contribution in [2.24, 2.45) is 0 Å². The summed E-state index contributed by atoms with van der Waals surface area (Å²) in [6.07, 6.45) is 0.945. The van der Waals surface area contributed by atoms with E-state index in [1.54, 1.807) is 24.3 Å². The zero-order valence-electron chi connectivity index (χ0n) is 20.3. The topological polar surface area (TPSA) is 124 Å². The summed E-state index contributed by atoms with van der Waals surface area (Å²) in [5.74, 6) is 0.583. The van der Waals surface area contributed by atoms with Gasteiger partial charge in [0.05, 0.1) is 34.5 Å². The van der Waals surface area contributed by atoms with Gasteiger partial charge in [-0.15, -0.1) is 0 Å². The molecule has 3 N–H and O–H groups in total. The fourth-order valence-electron chi connectivity index (χ4n) is 3.73. The number of aromatic hydroxyl groups is 2. The summed E-state index contributed by atoms with van der Waals surface area (Å²) in [4.78, 5) is 11.6. The van der Waals surface area contributed by atoms with Gasteiger partial charge >= 0.3 is 5.97 Å². The minimum atomic E-state index is -0.723. The van der Waals surface area contributed by atoms with Crippen LogP contribution in [0.15, 0.2) is 24.3 Å². The molecule has 0 aliphatic heterocycles. The van der Waals surface area contributed by atoms with Crippen molar-refractivity contribution >= 4 is 5.97 Å². The van der Waals surface area contributed by atoms with E-state index >= 15 is 0 Å². The molecule has 2 aromatic rings. The summed E-state index contributed by atoms with van der Waals surface area (Å²) in [5.41, 5.74) is 1.67. The zero-order chi connectivity index (χ0) is 25.3. The fourth-order valence-corrected chi connectivity index (χ4v) is 3.73. The Hall–Kier alpha value is -3.33. The quantitative estimate of drug-likeness (QED) is 0.372. The lowest BCUT2D eigenvalue weighted by atomic mass is 9.98. The normalized spacial score (nSPS) is 12.5. The van der Waals surface area contributed by atoms with Gasteiger partial charge in [0.2, 0.25) is 11.5 Å². The van der Waals surface area contributed by atoms with Gasteiger partial charge in [-0.05, 0) is 61.1 Å². The number of ether oxygens (including phenoxy) is 5. The number of phenols is 2. The molecule has 2 atom stereocenters. The first-order chi connectivity index (χ1) is 16.2. The van der Waals surface area contributed by atoms with Crippen LogP contribution >= 0.6 is 0 Å². The Bertz CT molecular complexity index is 907. The number of aryl methyl sites for hydroxylation is 2. The minimum Gasteiger partial charge on any atom is -0.502 e. The van der Waals surface area contributed by atoms with Crippen molar-refractivity contribution in [2.75, 3.05) is 28.4 Å². The van der Waals surface area contributed by atoms with Crippen molar-refractivity contribution in [3.05, 3.63) is 35.4 Å². The monoisotopic (exact) mass is 478 g/mol. The van der Waals surface area contributed by atoms with Crippen LogP contribution in [0.25, 0.3) is 0 Å². The summed E-state index contributed by atoms with van der Waals surface area (Å²) in [6, 6.07) is 6.79. The summed E-state index contributed by atoms with van der Waals surface area (Å²) >= 11 is 0. The van der Waals surface area contributed by atoms with Crippen molar-refractivity contribution in [3.8, 4) is 34.5 Å². The second kappa shape index (κ2) is 12.8. The largest absolute Gasteiger partial charge is 0.502 e. The number of hydrogen-bond acceptors (Lipinski definition) is 9. The van der Waals surface area contributed by atoms with E-state index in [0.717, 1.165) is 11.1 Å². The molecule has 0 heterocycles. The smallest absolute Gasteiger partial charge is 0.302 e. The molecule has 188 valence electrons. The van der Waals surface area contributed by atoms with Crippen molar-refractivity contribution in [1.82, 2.24) is 0 Å². The average molecular weight is 479 g/mol. The van der Waals surface area contributed by atoms with Crippen LogP contribution in [0.2, 0.25) is 0 Å². The van der Waals surface area contributed by atoms with Crippen LogP contribution in [-0.2, 0) is 22.4 Å². The van der Waals surface area contributed by atoms with Crippen LogP contribution in [0.5, 0.6) is 34.5 Å². The maximum Gasteiger partial charge on any atom is 0.302 e. The third-order valence-electron chi connectivity index (χ3n) is 5.47. The molecule has 34 heavy (non-hydrogen) atoms. The second-order valence-corrected chi connectivity index (χ2v) is 7.90. The van der Waals surface area contributed by atoms with Gasteiger partial charge in [-0.25, -0.2) is 0 Å². The number of benzene rings is 2. The van der Waals surface area contributed by atoms with Gasteiger partial charge < -0.3 is 39.0 Å². The van der Waals surface area contributed by atoms with Crippen LogP contribution in [0.1, 0.15) is 37.3 Å². The van der Waals surface area contributed by atoms with E-state index in [1.165, 1.54) is 35.4 Å². The van der Waals surface area contributed by atoms with Crippen LogP contribution in [0.3, 0.4) is 0 Å². The maximum absolute atomic E-state index is 11.6. The Labute approximate surface area is 199 Å². The maximum atomic E-state index is 11.6. The Balaban J connectivity index is 2.03. The Kier molecular flexibility index (Phi) is 10.1. The summed E-state index contributed by atoms with van der Waals surface area (Å²) in [6.45, 7) is 1.33. The number of carbonyl (C=O) groups excluding carboxylic acids is 1. The van der Waals surface area contributed by atoms with E-state index in [9.17, 15) is 20.1 Å². The predicted octanol–water partition coefficient (Wildman–Crippen LogP) is 3.38. The molecule has 0 saturated carbocycles. The molecular weight excluding hydrogens is 444 g/mol. The van der Waals surface area contributed by atoms with E-state index < -0.39 is 18.2 Å². The molecule has 9 heteroatoms. The van der Waals surface area contributed by atoms with Gasteiger partial charge in [-0.2, -0.15) is 0 Å². The lowest BCUT2D eigenvalue weighted by Crippen LogP contribution is -2.24. The molecule has 0 fully saturated rings. The fraction of sp³-hybridized carbons (Fsp3) is 0.480. The number of esters is 1. The molecule has 0 aromatic heterocycles. The van der Waals surface area contributed by atoms with Gasteiger partial charge in [0.15, 0.2) is 23.0 Å². The highest BCUT2D eigenvalue weighted by Crippen LogP contribution is 2.38. The average Bonchev–Trinajstić information content (AvgIpc) is 2.82. The number of hydrogen-bond donors (Lipinski definition) is 3. The Morgan fingerprint density at radius 2 is 1.15 bits per heavy atom. The number of methoxy groups -OCH3 is 4. The third kappa shape index (κ3) is 7.34. The SMILES string of the molecule is COc1cc(CC[C@H](O)C[C@@H](CCc2cc(OC)c(O)c(OC)c2)OC(C)=O)cc(OC)c1O. The molecule has 0 radical (unpaired) electrons. The predicted molar refractivity (Wildman–Crippen MR) is 125 cm³/mol. The molecule has 0 saturated heterocycles. The lowest BCUT2D eigenvalue weighted by molar-refractivity contribution is -0.148. The molecular formula is C25H34O9. The Morgan fingerprint density at radius 3 is 1.50 bits per heavy atom. The van der Waals surface area contributed by atoms with E-state index in [4.69, 9.17) is 23.7 Å². The summed E-state index contributed by atoms with van der Waals surface area (Å²) in [7, 11) is 5.82. The van der Waals surface area contributed by atoms with Crippen molar-refractivity contribution in [1.29, 1.82) is 0 Å². The van der Waals surface area contributed by atoms with Gasteiger partial charge in [0, 0.05) is 13.3 Å². The number of carbonyl (C=O) groups is 1. The van der Waals surface area contributed by atoms with Crippen LogP contribution in [0, 0.1) is 0 Å². The first-order valence-corrected chi connectivity index (χ1v) is 10.9. The third-order valence-corrected chi connectivity index (χ3v) is 5.47. The highest BCUT2D eigenvalue weighted by atomic mass is 16.5. The number of aliphatic hydroxyl groups is 1. The first kappa shape index (κ1) is 26.9. The Morgan fingerprint density at radius 1 is 0.765 bits per heavy atom. The van der Waals surface area contributed by atoms with Crippen LogP contribution in [-0.4, -0.2) is 61.9 Å². The molecule has 0 bridgehead atoms. The molecule has 0 spiro atoms. The first-order valence-electron chi connectivity index (χ1n) is 10.9. The van der Waals surface area contributed by atoms with Gasteiger partial charge in [-0.3, -0.25) is 4.79 Å². The van der Waals surface area contributed by atoms with Crippen molar-refractivity contribution in [2.45, 2.75) is 51.2 Å². The lowest BCUT2D eigenvalue weighted by Gasteiger charge is -2.21. The molecule has 0 amide bonds. The van der Waals surface area contributed by atoms with Gasteiger partial charge in [0.1, 0.15) is 6.10 Å². The number of aliphatic hydroxyl groups excluding tert-OH is 1. The van der Waals surface area contributed by atoms with E-state index in [1.807, 2.05) is 0 Å². The van der Waals surface area contributed by atoms with Crippen molar-refractivity contribution < 1.29 is 43.8 Å². The molecule has 2 aromatic carbocycles. The highest BCUT2D eigenvalue weighted by molar-refractivity contribution is 5.66. The van der Waals surface area contributed by atoms with E-state index in [2.05, 4.69) is 0 Å². The highest BCUT2D eigenvalue weighted by Gasteiger charge is 2.20. The molecule has 2 rings (SSSR count). The van der Waals surface area contributed by atoms with Crippen LogP contribution in [0.4, 0.5) is 0 Å². The summed E-state index contributed by atoms with van der Waals surface area (Å²) < 4.78 is 26.2. The molecule has 9 nitrogen and oxygen atoms in total. The number of phenolic OH excluding ortho intramolecular Hbond substituents is 2. The molecule has 0 aliphatic rings. The zero-order valence-corrected chi connectivity index (χ0v) is 20.3. The standard InChI is InChI=1S/C25H34O9/c1-15(26)34-19(9-7-17-12-22(32-4)25(29)23(13-17)33-5)14-18(27)8-6-16-10-20(30-2)24(28)21(11-16)31-3/h10-13,18-19,27-29H,6-9,14H2,1-5H3/t18-,19+/m0/s1. The van der Waals surface area contributed by atoms with E-state index in [-0.39, 0.29) is 29.4 Å². The molecule has 0 unspecified atom stereocenters.